The van der Waals surface area contributed by atoms with E-state index in [2.05, 4.69) is 4.99 Å². The summed E-state index contributed by atoms with van der Waals surface area (Å²) in [5.74, 6) is 0.612. The van der Waals surface area contributed by atoms with E-state index in [0.29, 0.717) is 5.84 Å². The molecule has 2 N–H and O–H groups in total. The molecule has 0 heterocycles. The minimum Gasteiger partial charge on any atom is -0.387 e. The molecule has 2 rings (SSSR count). The van der Waals surface area contributed by atoms with Gasteiger partial charge in [-0.3, -0.25) is 0 Å². The molecule has 0 unspecified atom stereocenters. The summed E-state index contributed by atoms with van der Waals surface area (Å²) in [6.45, 7) is 0. The maximum absolute atomic E-state index is 12.6. The zero-order valence-electron chi connectivity index (χ0n) is 8.76. The lowest BCUT2D eigenvalue weighted by Crippen LogP contribution is -2.13. The Balaban J connectivity index is 2.34. The van der Waals surface area contributed by atoms with Gasteiger partial charge in [0.2, 0.25) is 0 Å². The molecule has 0 aromatic heterocycles. The summed E-state index contributed by atoms with van der Waals surface area (Å²) < 4.78 is 37.7. The van der Waals surface area contributed by atoms with Crippen LogP contribution in [-0.4, -0.2) is 5.84 Å². The van der Waals surface area contributed by atoms with Crippen LogP contribution >= 0.6 is 11.6 Å². The van der Waals surface area contributed by atoms with Crippen molar-refractivity contribution in [3.05, 3.63) is 28.8 Å². The molecular formula is C11H10ClF3N2. The van der Waals surface area contributed by atoms with E-state index < -0.39 is 11.7 Å². The molecular weight excluding hydrogens is 253 g/mol. The van der Waals surface area contributed by atoms with Crippen molar-refractivity contribution in [1.29, 1.82) is 0 Å². The molecule has 17 heavy (non-hydrogen) atoms. The third kappa shape index (κ3) is 2.91. The molecule has 1 aliphatic rings. The summed E-state index contributed by atoms with van der Waals surface area (Å²) in [5.41, 5.74) is 4.95. The van der Waals surface area contributed by atoms with Gasteiger partial charge in [0.05, 0.1) is 16.3 Å². The maximum atomic E-state index is 12.6. The van der Waals surface area contributed by atoms with Crippen LogP contribution in [0.2, 0.25) is 5.02 Å². The first kappa shape index (κ1) is 12.2. The Kier molecular flexibility index (Phi) is 3.03. The number of nitrogens with zero attached hydrogens (tertiary/aromatic N) is 1. The van der Waals surface area contributed by atoms with Crippen LogP contribution < -0.4 is 5.73 Å². The highest BCUT2D eigenvalue weighted by Crippen LogP contribution is 2.37. The third-order valence-electron chi connectivity index (χ3n) is 2.51. The molecule has 0 spiro atoms. The van der Waals surface area contributed by atoms with Gasteiger partial charge in [-0.2, -0.15) is 13.2 Å². The predicted octanol–water partition coefficient (Wildman–Crippen LogP) is 3.76. The van der Waals surface area contributed by atoms with Crippen LogP contribution in [-0.2, 0) is 6.18 Å². The summed E-state index contributed by atoms with van der Waals surface area (Å²) in [4.78, 5) is 3.97. The van der Waals surface area contributed by atoms with Crippen molar-refractivity contribution in [3.63, 3.8) is 0 Å². The topological polar surface area (TPSA) is 38.4 Å². The molecule has 1 saturated carbocycles. The smallest absolute Gasteiger partial charge is 0.387 e. The molecule has 0 radical (unpaired) electrons. The molecule has 2 nitrogen and oxygen atoms in total. The van der Waals surface area contributed by atoms with Crippen LogP contribution in [0.25, 0.3) is 0 Å². The van der Waals surface area contributed by atoms with Gasteiger partial charge in [-0.05, 0) is 31.0 Å². The fraction of sp³-hybridized carbons (Fsp3) is 0.364. The molecule has 1 aromatic carbocycles. The standard InChI is InChI=1S/C11H10ClF3N2/c12-9-4-3-7(5-8(9)11(13,14)15)17-10(16)6-1-2-6/h3-6H,1-2H2,(H2,16,17). The number of alkyl halides is 3. The van der Waals surface area contributed by atoms with E-state index in [1.54, 1.807) is 0 Å². The normalized spacial score (nSPS) is 17.3. The van der Waals surface area contributed by atoms with Gasteiger partial charge in [-0.1, -0.05) is 11.6 Å². The first-order valence-electron chi connectivity index (χ1n) is 5.09. The van der Waals surface area contributed by atoms with Gasteiger partial charge in [0, 0.05) is 5.92 Å². The second-order valence-corrected chi connectivity index (χ2v) is 4.38. The van der Waals surface area contributed by atoms with Crippen molar-refractivity contribution >= 4 is 23.1 Å². The number of aliphatic imine (C=N–C) groups is 1. The number of rotatable bonds is 2. The molecule has 0 saturated heterocycles. The van der Waals surface area contributed by atoms with Crippen LogP contribution in [0.4, 0.5) is 18.9 Å². The number of hydrogen-bond donors (Lipinski definition) is 1. The Bertz CT molecular complexity index is 464. The van der Waals surface area contributed by atoms with E-state index >= 15 is 0 Å². The van der Waals surface area contributed by atoms with Crippen LogP contribution in [0.15, 0.2) is 23.2 Å². The van der Waals surface area contributed by atoms with Crippen molar-refractivity contribution in [2.45, 2.75) is 19.0 Å². The monoisotopic (exact) mass is 262 g/mol. The highest BCUT2D eigenvalue weighted by atomic mass is 35.5. The number of hydrogen-bond acceptors (Lipinski definition) is 1. The van der Waals surface area contributed by atoms with Gasteiger partial charge in [0.15, 0.2) is 0 Å². The quantitative estimate of drug-likeness (QED) is 0.640. The minimum atomic E-state index is -4.48. The van der Waals surface area contributed by atoms with Gasteiger partial charge in [-0.15, -0.1) is 0 Å². The Morgan fingerprint density at radius 2 is 2.00 bits per heavy atom. The third-order valence-corrected chi connectivity index (χ3v) is 2.84. The molecule has 92 valence electrons. The second kappa shape index (κ2) is 4.22. The predicted molar refractivity (Wildman–Crippen MR) is 60.5 cm³/mol. The van der Waals surface area contributed by atoms with Crippen LogP contribution in [0.5, 0.6) is 0 Å². The highest BCUT2D eigenvalue weighted by Gasteiger charge is 2.33. The minimum absolute atomic E-state index is 0.186. The lowest BCUT2D eigenvalue weighted by atomic mass is 10.2. The molecule has 0 amide bonds. The molecule has 1 fully saturated rings. The number of nitrogens with two attached hydrogens (primary N) is 1. The first-order chi connectivity index (χ1) is 7.88. The number of halogens is 4. The molecule has 1 aliphatic carbocycles. The van der Waals surface area contributed by atoms with Crippen molar-refractivity contribution in [3.8, 4) is 0 Å². The summed E-state index contributed by atoms with van der Waals surface area (Å²) in [6, 6.07) is 3.52. The summed E-state index contributed by atoms with van der Waals surface area (Å²) in [6.07, 6.45) is -2.57. The van der Waals surface area contributed by atoms with E-state index in [1.807, 2.05) is 0 Å². The average molecular weight is 263 g/mol. The van der Waals surface area contributed by atoms with Gasteiger partial charge in [-0.25, -0.2) is 4.99 Å². The van der Waals surface area contributed by atoms with Crippen LogP contribution in [0, 0.1) is 5.92 Å². The maximum Gasteiger partial charge on any atom is 0.417 e. The lowest BCUT2D eigenvalue weighted by molar-refractivity contribution is -0.137. The zero-order valence-corrected chi connectivity index (χ0v) is 9.52. The van der Waals surface area contributed by atoms with E-state index in [4.69, 9.17) is 17.3 Å². The Labute approximate surface area is 101 Å². The molecule has 6 heteroatoms. The van der Waals surface area contributed by atoms with Crippen molar-refractivity contribution in [1.82, 2.24) is 0 Å². The lowest BCUT2D eigenvalue weighted by Gasteiger charge is -2.09. The molecule has 0 atom stereocenters. The number of benzene rings is 1. The highest BCUT2D eigenvalue weighted by molar-refractivity contribution is 6.31. The first-order valence-corrected chi connectivity index (χ1v) is 5.46. The fourth-order valence-corrected chi connectivity index (χ4v) is 1.64. The molecule has 0 bridgehead atoms. The van der Waals surface area contributed by atoms with Crippen molar-refractivity contribution < 1.29 is 13.2 Å². The summed E-state index contributed by atoms with van der Waals surface area (Å²) in [7, 11) is 0. The Morgan fingerprint density at radius 3 is 2.53 bits per heavy atom. The largest absolute Gasteiger partial charge is 0.417 e. The van der Waals surface area contributed by atoms with E-state index in [0.717, 1.165) is 18.9 Å². The van der Waals surface area contributed by atoms with E-state index in [9.17, 15) is 13.2 Å². The zero-order chi connectivity index (χ0) is 12.6. The summed E-state index contributed by atoms with van der Waals surface area (Å²) in [5, 5.41) is -0.332. The second-order valence-electron chi connectivity index (χ2n) is 3.97. The van der Waals surface area contributed by atoms with Gasteiger partial charge < -0.3 is 5.73 Å². The Hall–Kier alpha value is -1.23. The number of amidine groups is 1. The van der Waals surface area contributed by atoms with Crippen molar-refractivity contribution in [2.24, 2.45) is 16.6 Å². The Morgan fingerprint density at radius 1 is 1.35 bits per heavy atom. The molecule has 0 aliphatic heterocycles. The SMILES string of the molecule is NC(=Nc1ccc(Cl)c(C(F)(F)F)c1)C1CC1. The van der Waals surface area contributed by atoms with Gasteiger partial charge in [0.1, 0.15) is 5.84 Å². The molecule has 1 aromatic rings. The van der Waals surface area contributed by atoms with Gasteiger partial charge in [0.25, 0.3) is 0 Å². The fourth-order valence-electron chi connectivity index (χ4n) is 1.42. The van der Waals surface area contributed by atoms with E-state index in [1.165, 1.54) is 12.1 Å². The average Bonchev–Trinajstić information content (AvgIpc) is 3.02. The van der Waals surface area contributed by atoms with Gasteiger partial charge >= 0.3 is 6.18 Å². The summed E-state index contributed by atoms with van der Waals surface area (Å²) >= 11 is 5.49. The van der Waals surface area contributed by atoms with E-state index in [-0.39, 0.29) is 16.6 Å². The van der Waals surface area contributed by atoms with Crippen molar-refractivity contribution in [2.75, 3.05) is 0 Å². The van der Waals surface area contributed by atoms with Crippen LogP contribution in [0.3, 0.4) is 0 Å². The van der Waals surface area contributed by atoms with Crippen LogP contribution in [0.1, 0.15) is 18.4 Å².